The monoisotopic (exact) mass is 316 g/mol. The zero-order valence-electron chi connectivity index (χ0n) is 12.9. The number of hydrogen-bond acceptors (Lipinski definition) is 5. The predicted molar refractivity (Wildman–Crippen MR) is 78.7 cm³/mol. The Morgan fingerprint density at radius 1 is 1.30 bits per heavy atom. The van der Waals surface area contributed by atoms with Gasteiger partial charge in [-0.2, -0.15) is 0 Å². The lowest BCUT2D eigenvalue weighted by atomic mass is 9.85. The smallest absolute Gasteiger partial charge is 0.416 e. The van der Waals surface area contributed by atoms with E-state index in [4.69, 9.17) is 4.74 Å². The van der Waals surface area contributed by atoms with Gasteiger partial charge in [0.05, 0.1) is 12.5 Å². The number of aryl methyl sites for hydroxylation is 1. The molecule has 0 aliphatic carbocycles. The van der Waals surface area contributed by atoms with Gasteiger partial charge in [0.15, 0.2) is 0 Å². The van der Waals surface area contributed by atoms with Gasteiger partial charge in [-0.3, -0.25) is 19.3 Å². The number of benzene rings is 1. The van der Waals surface area contributed by atoms with Crippen LogP contribution in [0, 0.1) is 6.92 Å². The molecule has 3 rings (SSSR count). The van der Waals surface area contributed by atoms with Crippen LogP contribution in [0.5, 0.6) is 0 Å². The highest BCUT2D eigenvalue weighted by Crippen LogP contribution is 2.32. The molecule has 2 aliphatic heterocycles. The number of rotatable bonds is 2. The Morgan fingerprint density at radius 2 is 2.04 bits per heavy atom. The van der Waals surface area contributed by atoms with Crippen LogP contribution in [0.2, 0.25) is 0 Å². The molecule has 7 nitrogen and oxygen atoms in total. The van der Waals surface area contributed by atoms with Crippen LogP contribution in [-0.4, -0.2) is 53.8 Å². The van der Waals surface area contributed by atoms with Gasteiger partial charge in [-0.05, 0) is 18.6 Å². The van der Waals surface area contributed by atoms with Crippen LogP contribution in [0.3, 0.4) is 0 Å². The summed E-state index contributed by atoms with van der Waals surface area (Å²) < 4.78 is 4.74. The highest BCUT2D eigenvalue weighted by atomic mass is 16.6. The summed E-state index contributed by atoms with van der Waals surface area (Å²) in [5.74, 6) is -2.06. The lowest BCUT2D eigenvalue weighted by Gasteiger charge is -2.30. The fourth-order valence-electron chi connectivity index (χ4n) is 2.91. The number of imide groups is 2. The molecule has 1 atom stereocenters. The zero-order valence-corrected chi connectivity index (χ0v) is 12.9. The van der Waals surface area contributed by atoms with Crippen molar-refractivity contribution in [2.45, 2.75) is 19.3 Å². The molecule has 0 bridgehead atoms. The Kier molecular flexibility index (Phi) is 3.63. The van der Waals surface area contributed by atoms with Gasteiger partial charge in [-0.25, -0.2) is 9.69 Å². The molecule has 0 saturated carbocycles. The van der Waals surface area contributed by atoms with Crippen molar-refractivity contribution in [1.82, 2.24) is 9.80 Å². The van der Waals surface area contributed by atoms with Gasteiger partial charge in [0.2, 0.25) is 11.8 Å². The van der Waals surface area contributed by atoms with E-state index >= 15 is 0 Å². The molecule has 0 radical (unpaired) electrons. The Hall–Kier alpha value is -2.70. The van der Waals surface area contributed by atoms with Gasteiger partial charge >= 0.3 is 6.09 Å². The van der Waals surface area contributed by atoms with Crippen LogP contribution in [0.25, 0.3) is 0 Å². The fourth-order valence-corrected chi connectivity index (χ4v) is 2.91. The molecule has 0 spiro atoms. The van der Waals surface area contributed by atoms with Crippen molar-refractivity contribution in [3.05, 3.63) is 34.9 Å². The van der Waals surface area contributed by atoms with E-state index in [2.05, 4.69) is 0 Å². The molecule has 1 aromatic rings. The Morgan fingerprint density at radius 3 is 2.70 bits per heavy atom. The summed E-state index contributed by atoms with van der Waals surface area (Å²) in [6.45, 7) is 2.20. The third kappa shape index (κ3) is 2.48. The first-order valence-corrected chi connectivity index (χ1v) is 7.29. The van der Waals surface area contributed by atoms with Crippen LogP contribution in [0.15, 0.2) is 18.2 Å². The fraction of sp³-hybridized carbons (Fsp3) is 0.375. The Balaban J connectivity index is 1.93. The highest BCUT2D eigenvalue weighted by molar-refractivity contribution is 6.12. The highest BCUT2D eigenvalue weighted by Gasteiger charge is 2.40. The van der Waals surface area contributed by atoms with Crippen molar-refractivity contribution in [3.8, 4) is 0 Å². The van der Waals surface area contributed by atoms with Crippen molar-refractivity contribution in [2.24, 2.45) is 0 Å². The number of ether oxygens (including phenoxy) is 1. The molecule has 23 heavy (non-hydrogen) atoms. The number of carbonyl (C=O) groups is 4. The predicted octanol–water partition coefficient (Wildman–Crippen LogP) is 1.06. The first-order valence-electron chi connectivity index (χ1n) is 7.29. The summed E-state index contributed by atoms with van der Waals surface area (Å²) in [5, 5.41) is 0. The molecular weight excluding hydrogens is 300 g/mol. The van der Waals surface area contributed by atoms with Gasteiger partial charge in [0, 0.05) is 19.0 Å². The number of fused-ring (bicyclic) bond motifs is 1. The molecule has 2 aliphatic rings. The SMILES string of the molecule is Cc1ccc2c(c1)C(=O)N(C)C(=O)C2CC(=O)N1CCOC1=O. The number of cyclic esters (lactones) is 1. The van der Waals surface area contributed by atoms with Crippen molar-refractivity contribution >= 4 is 23.8 Å². The number of hydrogen-bond donors (Lipinski definition) is 0. The van der Waals surface area contributed by atoms with Crippen LogP contribution >= 0.6 is 0 Å². The third-order valence-electron chi connectivity index (χ3n) is 4.19. The molecule has 1 aromatic carbocycles. The molecule has 7 heteroatoms. The molecule has 4 amide bonds. The van der Waals surface area contributed by atoms with E-state index in [-0.39, 0.29) is 25.5 Å². The second-order valence-electron chi connectivity index (χ2n) is 5.71. The number of carbonyl (C=O) groups excluding carboxylic acids is 4. The minimum absolute atomic E-state index is 0.164. The summed E-state index contributed by atoms with van der Waals surface area (Å²) >= 11 is 0. The summed E-state index contributed by atoms with van der Waals surface area (Å²) in [6, 6.07) is 5.21. The largest absolute Gasteiger partial charge is 0.447 e. The first-order chi connectivity index (χ1) is 10.9. The average Bonchev–Trinajstić information content (AvgIpc) is 2.95. The van der Waals surface area contributed by atoms with Crippen LogP contribution in [0.4, 0.5) is 4.79 Å². The lowest BCUT2D eigenvalue weighted by molar-refractivity contribution is -0.135. The van der Waals surface area contributed by atoms with Gasteiger partial charge < -0.3 is 4.74 Å². The standard InChI is InChI=1S/C16H16N2O5/c1-9-3-4-10-11(7-9)14(20)17(2)15(21)12(10)8-13(19)18-5-6-23-16(18)22/h3-4,7,12H,5-6,8H2,1-2H3. The van der Waals surface area contributed by atoms with Gasteiger partial charge in [0.1, 0.15) is 6.61 Å². The minimum Gasteiger partial charge on any atom is -0.447 e. The summed E-state index contributed by atoms with van der Waals surface area (Å²) in [4.78, 5) is 50.5. The van der Waals surface area contributed by atoms with Gasteiger partial charge in [0.25, 0.3) is 5.91 Å². The van der Waals surface area contributed by atoms with Crippen LogP contribution in [0.1, 0.15) is 33.8 Å². The maximum absolute atomic E-state index is 12.4. The van der Waals surface area contributed by atoms with E-state index < -0.39 is 23.8 Å². The molecule has 0 N–H and O–H groups in total. The van der Waals surface area contributed by atoms with E-state index in [1.807, 2.05) is 6.92 Å². The molecule has 1 fully saturated rings. The number of likely N-dealkylation sites (N-methyl/N-ethyl adjacent to an activating group) is 1. The maximum Gasteiger partial charge on any atom is 0.416 e. The topological polar surface area (TPSA) is 84.0 Å². The molecule has 1 unspecified atom stereocenters. The molecule has 1 saturated heterocycles. The van der Waals surface area contributed by atoms with Crippen molar-refractivity contribution in [2.75, 3.05) is 20.2 Å². The van der Waals surface area contributed by atoms with Crippen molar-refractivity contribution in [3.63, 3.8) is 0 Å². The van der Waals surface area contributed by atoms with Crippen LogP contribution in [-0.2, 0) is 14.3 Å². The second kappa shape index (κ2) is 5.49. The molecule has 2 heterocycles. The van der Waals surface area contributed by atoms with E-state index in [1.54, 1.807) is 18.2 Å². The normalized spacial score (nSPS) is 20.6. The molecule has 0 aromatic heterocycles. The van der Waals surface area contributed by atoms with E-state index in [9.17, 15) is 19.2 Å². The van der Waals surface area contributed by atoms with E-state index in [0.717, 1.165) is 15.4 Å². The number of amides is 4. The summed E-state index contributed by atoms with van der Waals surface area (Å²) in [7, 11) is 1.40. The zero-order chi connectivity index (χ0) is 16.7. The Bertz CT molecular complexity index is 727. The first kappa shape index (κ1) is 15.2. The average molecular weight is 316 g/mol. The van der Waals surface area contributed by atoms with E-state index in [0.29, 0.717) is 11.1 Å². The van der Waals surface area contributed by atoms with Crippen LogP contribution < -0.4 is 0 Å². The Labute approximate surface area is 132 Å². The minimum atomic E-state index is -0.769. The quantitative estimate of drug-likeness (QED) is 0.762. The molecular formula is C16H16N2O5. The van der Waals surface area contributed by atoms with Gasteiger partial charge in [-0.15, -0.1) is 0 Å². The summed E-state index contributed by atoms with van der Waals surface area (Å²) in [6.07, 6.45) is -0.853. The van der Waals surface area contributed by atoms with Crippen molar-refractivity contribution in [1.29, 1.82) is 0 Å². The van der Waals surface area contributed by atoms with E-state index in [1.165, 1.54) is 7.05 Å². The number of nitrogens with zero attached hydrogens (tertiary/aromatic N) is 2. The van der Waals surface area contributed by atoms with Gasteiger partial charge in [-0.1, -0.05) is 17.7 Å². The lowest BCUT2D eigenvalue weighted by Crippen LogP contribution is -2.44. The molecule has 120 valence electrons. The maximum atomic E-state index is 12.4. The second-order valence-corrected chi connectivity index (χ2v) is 5.71. The van der Waals surface area contributed by atoms with Crippen molar-refractivity contribution < 1.29 is 23.9 Å². The third-order valence-corrected chi connectivity index (χ3v) is 4.19. The summed E-state index contributed by atoms with van der Waals surface area (Å²) in [5.41, 5.74) is 1.85.